The van der Waals surface area contributed by atoms with Crippen molar-refractivity contribution in [3.8, 4) is 0 Å². The van der Waals surface area contributed by atoms with Crippen LogP contribution in [0.3, 0.4) is 0 Å². The molecule has 0 amide bonds. The van der Waals surface area contributed by atoms with Gasteiger partial charge in [-0.05, 0) is 11.8 Å². The Morgan fingerprint density at radius 3 is 2.07 bits per heavy atom. The van der Waals surface area contributed by atoms with E-state index in [1.807, 2.05) is 11.8 Å². The molecule has 0 heterocycles. The van der Waals surface area contributed by atoms with Gasteiger partial charge in [-0.3, -0.25) is 4.79 Å². The van der Waals surface area contributed by atoms with Crippen molar-refractivity contribution in [3.63, 3.8) is 0 Å². The average Bonchev–Trinajstić information content (AvgIpc) is 1.95. The standard InChI is InChI=1S/C7H19NSSi.C2H4O2/c1-10(2,3)7-6-9-5-4-8;1-2(3)4/h4-8H2,1-3H3;1H3,(H,3,4). The summed E-state index contributed by atoms with van der Waals surface area (Å²) in [5.41, 5.74) is 5.37. The molecule has 0 aromatic carbocycles. The van der Waals surface area contributed by atoms with Crippen LogP contribution in [0.4, 0.5) is 0 Å². The number of carboxylic acids is 1. The van der Waals surface area contributed by atoms with Crippen molar-refractivity contribution in [2.24, 2.45) is 5.73 Å². The van der Waals surface area contributed by atoms with Gasteiger partial charge in [0.15, 0.2) is 0 Å². The Balaban J connectivity index is 0. The first-order valence-electron chi connectivity index (χ1n) is 4.77. The van der Waals surface area contributed by atoms with Gasteiger partial charge in [0.1, 0.15) is 0 Å². The van der Waals surface area contributed by atoms with Gasteiger partial charge in [0.05, 0.1) is 0 Å². The lowest BCUT2D eigenvalue weighted by Gasteiger charge is -2.14. The topological polar surface area (TPSA) is 63.3 Å². The smallest absolute Gasteiger partial charge is 0.300 e. The SMILES string of the molecule is CC(=O)O.C[Si](C)(C)CCSCCN. The van der Waals surface area contributed by atoms with Crippen molar-refractivity contribution in [2.45, 2.75) is 32.6 Å². The zero-order valence-electron chi connectivity index (χ0n) is 9.67. The van der Waals surface area contributed by atoms with Gasteiger partial charge >= 0.3 is 0 Å². The van der Waals surface area contributed by atoms with Crippen LogP contribution >= 0.6 is 11.8 Å². The number of carbonyl (C=O) groups is 1. The van der Waals surface area contributed by atoms with E-state index in [1.54, 1.807) is 0 Å². The molecule has 5 heteroatoms. The summed E-state index contributed by atoms with van der Waals surface area (Å²) in [6.07, 6.45) is 0. The van der Waals surface area contributed by atoms with Crippen LogP contribution in [0.15, 0.2) is 0 Å². The summed E-state index contributed by atoms with van der Waals surface area (Å²) in [5.74, 6) is 1.61. The third kappa shape index (κ3) is 29.6. The maximum atomic E-state index is 9.00. The summed E-state index contributed by atoms with van der Waals surface area (Å²) >= 11 is 1.99. The average molecular weight is 237 g/mol. The van der Waals surface area contributed by atoms with Crippen molar-refractivity contribution in [1.29, 1.82) is 0 Å². The van der Waals surface area contributed by atoms with Crippen molar-refractivity contribution in [1.82, 2.24) is 0 Å². The van der Waals surface area contributed by atoms with E-state index in [0.29, 0.717) is 0 Å². The van der Waals surface area contributed by atoms with Crippen molar-refractivity contribution >= 4 is 25.8 Å². The second-order valence-corrected chi connectivity index (χ2v) is 11.1. The Hall–Kier alpha value is -0.00312. The second-order valence-electron chi connectivity index (χ2n) is 4.23. The normalized spacial score (nSPS) is 10.4. The van der Waals surface area contributed by atoms with Gasteiger partial charge in [0.25, 0.3) is 5.97 Å². The molecule has 0 aliphatic carbocycles. The van der Waals surface area contributed by atoms with Crippen molar-refractivity contribution in [3.05, 3.63) is 0 Å². The Kier molecular flexibility index (Phi) is 11.2. The predicted molar refractivity (Wildman–Crippen MR) is 67.8 cm³/mol. The molecule has 0 aromatic heterocycles. The highest BCUT2D eigenvalue weighted by molar-refractivity contribution is 7.99. The third-order valence-corrected chi connectivity index (χ3v) is 4.39. The fraction of sp³-hybridized carbons (Fsp3) is 0.889. The number of carboxylic acid groups (broad SMARTS) is 1. The molecule has 0 bridgehead atoms. The monoisotopic (exact) mass is 237 g/mol. The molecule has 0 saturated heterocycles. The van der Waals surface area contributed by atoms with E-state index in [4.69, 9.17) is 15.6 Å². The highest BCUT2D eigenvalue weighted by Crippen LogP contribution is 2.12. The summed E-state index contributed by atoms with van der Waals surface area (Å²) in [5, 5.41) is 7.42. The highest BCUT2D eigenvalue weighted by atomic mass is 32.2. The Labute approximate surface area is 92.5 Å². The molecule has 0 aliphatic rings. The van der Waals surface area contributed by atoms with Gasteiger partial charge in [-0.1, -0.05) is 19.6 Å². The quantitative estimate of drug-likeness (QED) is 0.568. The molecule has 0 aliphatic heterocycles. The number of hydrogen-bond acceptors (Lipinski definition) is 3. The fourth-order valence-electron chi connectivity index (χ4n) is 0.564. The van der Waals surface area contributed by atoms with Crippen molar-refractivity contribution in [2.75, 3.05) is 18.1 Å². The highest BCUT2D eigenvalue weighted by Gasteiger charge is 2.11. The van der Waals surface area contributed by atoms with E-state index in [-0.39, 0.29) is 0 Å². The lowest BCUT2D eigenvalue weighted by atomic mass is 10.8. The maximum Gasteiger partial charge on any atom is 0.300 e. The van der Waals surface area contributed by atoms with Crippen LogP contribution in [0.2, 0.25) is 25.7 Å². The zero-order valence-corrected chi connectivity index (χ0v) is 11.5. The molecule has 3 N–H and O–H groups in total. The summed E-state index contributed by atoms with van der Waals surface area (Å²) < 4.78 is 0. The molecule has 0 radical (unpaired) electrons. The molecule has 0 aromatic rings. The number of thioether (sulfide) groups is 1. The third-order valence-electron chi connectivity index (χ3n) is 1.26. The molecule has 3 nitrogen and oxygen atoms in total. The van der Waals surface area contributed by atoms with Gasteiger partial charge in [0.2, 0.25) is 0 Å². The van der Waals surface area contributed by atoms with Crippen LogP contribution < -0.4 is 5.73 Å². The van der Waals surface area contributed by atoms with Crippen LogP contribution in [0, 0.1) is 0 Å². The Bertz CT molecular complexity index is 144. The van der Waals surface area contributed by atoms with Crippen LogP contribution in [0.1, 0.15) is 6.92 Å². The van der Waals surface area contributed by atoms with E-state index in [0.717, 1.165) is 19.2 Å². The molecular formula is C9H23NO2SSi. The minimum absolute atomic E-state index is 0.769. The van der Waals surface area contributed by atoms with E-state index in [2.05, 4.69) is 19.6 Å². The molecule has 0 atom stereocenters. The predicted octanol–water partition coefficient (Wildman–Crippen LogP) is 2.11. The van der Waals surface area contributed by atoms with Crippen molar-refractivity contribution < 1.29 is 9.90 Å². The summed E-state index contributed by atoms with van der Waals surface area (Å²) in [6, 6.07) is 1.43. The largest absolute Gasteiger partial charge is 0.481 e. The minimum Gasteiger partial charge on any atom is -0.481 e. The Morgan fingerprint density at radius 2 is 1.79 bits per heavy atom. The minimum atomic E-state index is -0.833. The van der Waals surface area contributed by atoms with Crippen LogP contribution in [0.5, 0.6) is 0 Å². The maximum absolute atomic E-state index is 9.00. The lowest BCUT2D eigenvalue weighted by Crippen LogP contribution is -2.20. The number of aliphatic carboxylic acids is 1. The molecular weight excluding hydrogens is 214 g/mol. The van der Waals surface area contributed by atoms with Crippen LogP contribution in [-0.4, -0.2) is 37.2 Å². The zero-order chi connectivity index (χ0) is 11.6. The van der Waals surface area contributed by atoms with Crippen LogP contribution in [0.25, 0.3) is 0 Å². The summed E-state index contributed by atoms with van der Waals surface area (Å²) in [4.78, 5) is 9.00. The Morgan fingerprint density at radius 1 is 1.36 bits per heavy atom. The molecule has 0 saturated carbocycles. The molecule has 0 fully saturated rings. The van der Waals surface area contributed by atoms with Gasteiger partial charge in [-0.25, -0.2) is 0 Å². The first-order valence-corrected chi connectivity index (χ1v) is 9.63. The van der Waals surface area contributed by atoms with Gasteiger partial charge < -0.3 is 10.8 Å². The number of rotatable bonds is 5. The molecule has 0 unspecified atom stereocenters. The number of nitrogens with two attached hydrogens (primary N) is 1. The van der Waals surface area contributed by atoms with Crippen LogP contribution in [-0.2, 0) is 4.79 Å². The second kappa shape index (κ2) is 9.55. The van der Waals surface area contributed by atoms with Gasteiger partial charge in [0, 0.05) is 27.3 Å². The molecule has 86 valence electrons. The molecule has 14 heavy (non-hydrogen) atoms. The fourth-order valence-corrected chi connectivity index (χ4v) is 3.96. The van der Waals surface area contributed by atoms with Gasteiger partial charge in [-0.2, -0.15) is 11.8 Å². The number of hydrogen-bond donors (Lipinski definition) is 2. The van der Waals surface area contributed by atoms with E-state index in [1.165, 1.54) is 11.8 Å². The lowest BCUT2D eigenvalue weighted by molar-refractivity contribution is -0.134. The summed E-state index contributed by atoms with van der Waals surface area (Å²) in [6.45, 7) is 9.15. The van der Waals surface area contributed by atoms with E-state index >= 15 is 0 Å². The van der Waals surface area contributed by atoms with Gasteiger partial charge in [-0.15, -0.1) is 0 Å². The first kappa shape index (κ1) is 16.4. The molecule has 0 spiro atoms. The first-order chi connectivity index (χ1) is 6.29. The summed E-state index contributed by atoms with van der Waals surface area (Å²) in [7, 11) is -0.769. The van der Waals surface area contributed by atoms with E-state index < -0.39 is 14.0 Å². The molecule has 0 rings (SSSR count). The van der Waals surface area contributed by atoms with E-state index in [9.17, 15) is 0 Å².